The van der Waals surface area contributed by atoms with E-state index in [0.29, 0.717) is 11.7 Å². The van der Waals surface area contributed by atoms with Crippen molar-refractivity contribution in [2.24, 2.45) is 0 Å². The zero-order chi connectivity index (χ0) is 13.4. The molecule has 19 heavy (non-hydrogen) atoms. The van der Waals surface area contributed by atoms with Crippen LogP contribution in [-0.2, 0) is 13.0 Å². The molecule has 0 fully saturated rings. The van der Waals surface area contributed by atoms with Crippen molar-refractivity contribution in [2.75, 3.05) is 10.6 Å². The van der Waals surface area contributed by atoms with Gasteiger partial charge in [0.1, 0.15) is 5.75 Å². The van der Waals surface area contributed by atoms with Crippen LogP contribution in [-0.4, -0.2) is 11.1 Å². The first-order valence-corrected chi connectivity index (χ1v) is 6.57. The Morgan fingerprint density at radius 1 is 1.26 bits per heavy atom. The molecule has 1 aliphatic rings. The van der Waals surface area contributed by atoms with Gasteiger partial charge in [-0.2, -0.15) is 0 Å². The van der Waals surface area contributed by atoms with E-state index >= 15 is 0 Å². The number of para-hydroxylation sites is 1. The van der Waals surface area contributed by atoms with Crippen LogP contribution >= 0.6 is 0 Å². The molecule has 0 aliphatic carbocycles. The first kappa shape index (κ1) is 11.9. The average Bonchev–Trinajstić information content (AvgIpc) is 2.71. The molecule has 0 aromatic heterocycles. The Balaban J connectivity index is 1.89. The molecular weight excluding hydrogens is 236 g/mol. The molecule has 3 N–H and O–H groups in total. The Hall–Kier alpha value is -2.16. The van der Waals surface area contributed by atoms with Gasteiger partial charge >= 0.3 is 0 Å². The first-order valence-electron chi connectivity index (χ1n) is 6.57. The number of nitrogens with zero attached hydrogens (tertiary/aromatic N) is 1. The molecule has 0 saturated carbocycles. The summed E-state index contributed by atoms with van der Waals surface area (Å²) in [5, 5.41) is 9.48. The standard InChI is InChI=1S/C16H18N2O/c1-11-8-13-4-2-3-5-15(13)18(11)10-12-6-7-16(19)14(17)9-12/h2-7,9,11,19H,8,10,17H2,1H3. The van der Waals surface area contributed by atoms with Crippen LogP contribution in [0.25, 0.3) is 0 Å². The lowest BCUT2D eigenvalue weighted by Crippen LogP contribution is -2.28. The van der Waals surface area contributed by atoms with E-state index in [1.165, 1.54) is 11.3 Å². The summed E-state index contributed by atoms with van der Waals surface area (Å²) >= 11 is 0. The third-order valence-electron chi connectivity index (χ3n) is 3.79. The van der Waals surface area contributed by atoms with Gasteiger partial charge in [0.05, 0.1) is 5.69 Å². The smallest absolute Gasteiger partial charge is 0.138 e. The van der Waals surface area contributed by atoms with Crippen molar-refractivity contribution >= 4 is 11.4 Å². The zero-order valence-corrected chi connectivity index (χ0v) is 11.0. The Labute approximate surface area is 113 Å². The lowest BCUT2D eigenvalue weighted by Gasteiger charge is -2.25. The van der Waals surface area contributed by atoms with Crippen LogP contribution in [0.4, 0.5) is 11.4 Å². The monoisotopic (exact) mass is 254 g/mol. The Kier molecular flexibility index (Phi) is 2.82. The van der Waals surface area contributed by atoms with Crippen LogP contribution in [0.1, 0.15) is 18.1 Å². The Morgan fingerprint density at radius 3 is 2.84 bits per heavy atom. The van der Waals surface area contributed by atoms with E-state index in [1.807, 2.05) is 12.1 Å². The van der Waals surface area contributed by atoms with Gasteiger partial charge in [-0.3, -0.25) is 0 Å². The second-order valence-electron chi connectivity index (χ2n) is 5.20. The molecule has 2 aromatic rings. The molecule has 1 atom stereocenters. The molecule has 3 nitrogen and oxygen atoms in total. The number of aromatic hydroxyl groups is 1. The van der Waals surface area contributed by atoms with E-state index in [1.54, 1.807) is 6.07 Å². The number of anilines is 2. The molecule has 98 valence electrons. The van der Waals surface area contributed by atoms with Crippen molar-refractivity contribution in [1.82, 2.24) is 0 Å². The predicted octanol–water partition coefficient (Wildman–Crippen LogP) is 2.93. The molecule has 0 spiro atoms. The maximum absolute atomic E-state index is 9.48. The van der Waals surface area contributed by atoms with Crippen LogP contribution in [0.5, 0.6) is 5.75 Å². The minimum Gasteiger partial charge on any atom is -0.506 e. The molecule has 1 unspecified atom stereocenters. The molecule has 1 aliphatic heterocycles. The number of nitrogens with two attached hydrogens (primary N) is 1. The number of phenolic OH excluding ortho intramolecular Hbond substituents is 1. The highest BCUT2D eigenvalue weighted by Crippen LogP contribution is 2.33. The highest BCUT2D eigenvalue weighted by Gasteiger charge is 2.25. The topological polar surface area (TPSA) is 49.5 Å². The number of fused-ring (bicyclic) bond motifs is 1. The largest absolute Gasteiger partial charge is 0.506 e. The Bertz CT molecular complexity index is 609. The summed E-state index contributed by atoms with van der Waals surface area (Å²) < 4.78 is 0. The van der Waals surface area contributed by atoms with E-state index in [4.69, 9.17) is 5.73 Å². The maximum atomic E-state index is 9.48. The number of hydrogen-bond donors (Lipinski definition) is 2. The highest BCUT2D eigenvalue weighted by atomic mass is 16.3. The van der Waals surface area contributed by atoms with Gasteiger partial charge in [0.2, 0.25) is 0 Å². The van der Waals surface area contributed by atoms with Gasteiger partial charge < -0.3 is 15.7 Å². The average molecular weight is 254 g/mol. The summed E-state index contributed by atoms with van der Waals surface area (Å²) in [6.45, 7) is 3.06. The van der Waals surface area contributed by atoms with Crippen molar-refractivity contribution in [2.45, 2.75) is 25.9 Å². The van der Waals surface area contributed by atoms with Gasteiger partial charge in [-0.25, -0.2) is 0 Å². The van der Waals surface area contributed by atoms with E-state index in [2.05, 4.69) is 36.1 Å². The summed E-state index contributed by atoms with van der Waals surface area (Å²) in [6.07, 6.45) is 1.09. The first-order chi connectivity index (χ1) is 9.15. The number of phenols is 1. The quantitative estimate of drug-likeness (QED) is 0.640. The summed E-state index contributed by atoms with van der Waals surface area (Å²) in [5.41, 5.74) is 10.0. The van der Waals surface area contributed by atoms with Crippen molar-refractivity contribution in [3.63, 3.8) is 0 Å². The molecule has 0 radical (unpaired) electrons. The van der Waals surface area contributed by atoms with Crippen LogP contribution in [0.3, 0.4) is 0 Å². The molecule has 3 heteroatoms. The summed E-state index contributed by atoms with van der Waals surface area (Å²) in [6, 6.07) is 14.5. The number of nitrogen functional groups attached to an aromatic ring is 1. The lowest BCUT2D eigenvalue weighted by molar-refractivity contribution is 0.477. The fourth-order valence-electron chi connectivity index (χ4n) is 2.77. The molecule has 0 saturated heterocycles. The van der Waals surface area contributed by atoms with E-state index in [9.17, 15) is 5.11 Å². The van der Waals surface area contributed by atoms with Crippen molar-refractivity contribution in [3.05, 3.63) is 53.6 Å². The van der Waals surface area contributed by atoms with E-state index in [-0.39, 0.29) is 5.75 Å². The molecule has 0 amide bonds. The van der Waals surface area contributed by atoms with Crippen molar-refractivity contribution in [1.29, 1.82) is 0 Å². The molecule has 2 aromatic carbocycles. The second kappa shape index (κ2) is 4.50. The lowest BCUT2D eigenvalue weighted by atomic mass is 10.1. The fraction of sp³-hybridized carbons (Fsp3) is 0.250. The van der Waals surface area contributed by atoms with Gasteiger partial charge in [-0.1, -0.05) is 24.3 Å². The summed E-state index contributed by atoms with van der Waals surface area (Å²) in [5.74, 6) is 0.152. The third-order valence-corrected chi connectivity index (χ3v) is 3.79. The van der Waals surface area contributed by atoms with Gasteiger partial charge in [-0.05, 0) is 42.7 Å². The molecule has 3 rings (SSSR count). The minimum absolute atomic E-state index is 0.152. The van der Waals surface area contributed by atoms with Crippen LogP contribution in [0, 0.1) is 0 Å². The van der Waals surface area contributed by atoms with Crippen molar-refractivity contribution in [3.8, 4) is 5.75 Å². The van der Waals surface area contributed by atoms with Crippen LogP contribution in [0.15, 0.2) is 42.5 Å². The molecular formula is C16H18N2O. The fourth-order valence-corrected chi connectivity index (χ4v) is 2.77. The van der Waals surface area contributed by atoms with Crippen molar-refractivity contribution < 1.29 is 5.11 Å². The van der Waals surface area contributed by atoms with Gasteiger partial charge in [0.25, 0.3) is 0 Å². The Morgan fingerprint density at radius 2 is 2.05 bits per heavy atom. The predicted molar refractivity (Wildman–Crippen MR) is 78.3 cm³/mol. The molecule has 1 heterocycles. The summed E-state index contributed by atoms with van der Waals surface area (Å²) in [7, 11) is 0. The number of benzene rings is 2. The van der Waals surface area contributed by atoms with E-state index < -0.39 is 0 Å². The van der Waals surface area contributed by atoms with E-state index in [0.717, 1.165) is 18.5 Å². The third kappa shape index (κ3) is 2.12. The van der Waals surface area contributed by atoms with Gasteiger partial charge in [0, 0.05) is 18.3 Å². The normalized spacial score (nSPS) is 17.5. The highest BCUT2D eigenvalue weighted by molar-refractivity contribution is 5.60. The van der Waals surface area contributed by atoms with Gasteiger partial charge in [-0.15, -0.1) is 0 Å². The number of hydrogen-bond acceptors (Lipinski definition) is 3. The molecule has 0 bridgehead atoms. The maximum Gasteiger partial charge on any atom is 0.138 e. The van der Waals surface area contributed by atoms with Crippen LogP contribution < -0.4 is 10.6 Å². The summed E-state index contributed by atoms with van der Waals surface area (Å²) in [4.78, 5) is 2.39. The SMILES string of the molecule is CC1Cc2ccccc2N1Cc1ccc(O)c(N)c1. The number of rotatable bonds is 2. The second-order valence-corrected chi connectivity index (χ2v) is 5.20. The van der Waals surface area contributed by atoms with Crippen LogP contribution in [0.2, 0.25) is 0 Å². The zero-order valence-electron chi connectivity index (χ0n) is 11.0. The minimum atomic E-state index is 0.152. The van der Waals surface area contributed by atoms with Gasteiger partial charge in [0.15, 0.2) is 0 Å².